The minimum atomic E-state index is 0.563. The molecule has 4 aliphatic rings. The summed E-state index contributed by atoms with van der Waals surface area (Å²) < 4.78 is 0. The summed E-state index contributed by atoms with van der Waals surface area (Å²) in [4.78, 5) is 0. The van der Waals surface area contributed by atoms with Gasteiger partial charge in [0.05, 0.1) is 0 Å². The van der Waals surface area contributed by atoms with E-state index in [0.717, 1.165) is 29.6 Å². The highest BCUT2D eigenvalue weighted by molar-refractivity contribution is 5.03. The van der Waals surface area contributed by atoms with E-state index in [4.69, 9.17) is 0 Å². The first kappa shape index (κ1) is 15.5. The highest BCUT2D eigenvalue weighted by atomic mass is 14.6. The maximum Gasteiger partial charge on any atom is -0.0272 e. The number of rotatable bonds is 2. The zero-order valence-electron chi connectivity index (χ0n) is 15.4. The van der Waals surface area contributed by atoms with Crippen LogP contribution in [0.3, 0.4) is 0 Å². The summed E-state index contributed by atoms with van der Waals surface area (Å²) in [6.45, 7) is 7.98. The van der Waals surface area contributed by atoms with Gasteiger partial charge in [0.15, 0.2) is 0 Å². The second-order valence-electron chi connectivity index (χ2n) is 10.4. The van der Waals surface area contributed by atoms with Gasteiger partial charge in [-0.25, -0.2) is 0 Å². The maximum absolute atomic E-state index is 2.67. The highest BCUT2D eigenvalue weighted by Crippen LogP contribution is 2.62. The average Bonchev–Trinajstić information content (AvgIpc) is 2.93. The van der Waals surface area contributed by atoms with E-state index in [1.165, 1.54) is 32.1 Å². The maximum atomic E-state index is 2.67. The molecule has 0 heteroatoms. The van der Waals surface area contributed by atoms with Crippen LogP contribution in [-0.2, 0) is 0 Å². The summed E-state index contributed by atoms with van der Waals surface area (Å²) in [6.07, 6.45) is 18.5. The van der Waals surface area contributed by atoms with Crippen molar-refractivity contribution in [3.8, 4) is 0 Å². The summed E-state index contributed by atoms with van der Waals surface area (Å²) in [6, 6.07) is 0. The van der Waals surface area contributed by atoms with Crippen molar-refractivity contribution in [1.29, 1.82) is 0 Å². The molecule has 22 heavy (non-hydrogen) atoms. The van der Waals surface area contributed by atoms with Crippen molar-refractivity contribution >= 4 is 0 Å². The lowest BCUT2D eigenvalue weighted by Crippen LogP contribution is -2.47. The Balaban J connectivity index is 1.55. The Kier molecular flexibility index (Phi) is 3.90. The van der Waals surface area contributed by atoms with Crippen LogP contribution in [0.25, 0.3) is 0 Å². The van der Waals surface area contributed by atoms with Crippen molar-refractivity contribution in [2.75, 3.05) is 0 Å². The molecule has 0 aliphatic heterocycles. The smallest absolute Gasteiger partial charge is 0.0272 e. The van der Waals surface area contributed by atoms with Gasteiger partial charge >= 0.3 is 0 Å². The molecule has 0 aromatic carbocycles. The van der Waals surface area contributed by atoms with Gasteiger partial charge < -0.3 is 0 Å². The van der Waals surface area contributed by atoms with Gasteiger partial charge in [-0.3, -0.25) is 0 Å². The molecule has 5 unspecified atom stereocenters. The summed E-state index contributed by atoms with van der Waals surface area (Å²) in [5.41, 5.74) is 1.18. The molecule has 126 valence electrons. The van der Waals surface area contributed by atoms with E-state index in [-0.39, 0.29) is 0 Å². The van der Waals surface area contributed by atoms with Crippen molar-refractivity contribution in [3.63, 3.8) is 0 Å². The van der Waals surface area contributed by atoms with Gasteiger partial charge in [-0.15, -0.1) is 0 Å². The Morgan fingerprint density at radius 2 is 1.32 bits per heavy atom. The fourth-order valence-electron chi connectivity index (χ4n) is 7.57. The van der Waals surface area contributed by atoms with Gasteiger partial charge in [0.1, 0.15) is 0 Å². The van der Waals surface area contributed by atoms with Gasteiger partial charge in [-0.05, 0) is 78.9 Å². The van der Waals surface area contributed by atoms with E-state index in [0.29, 0.717) is 10.8 Å². The molecule has 0 saturated heterocycles. The first-order valence-electron chi connectivity index (χ1n) is 10.5. The Hall–Kier alpha value is 0. The molecule has 5 atom stereocenters. The van der Waals surface area contributed by atoms with Gasteiger partial charge in [-0.1, -0.05) is 59.3 Å². The Bertz CT molecular complexity index is 400. The average molecular weight is 303 g/mol. The van der Waals surface area contributed by atoms with Crippen molar-refractivity contribution in [2.24, 2.45) is 40.4 Å². The van der Waals surface area contributed by atoms with E-state index in [1.54, 1.807) is 44.9 Å². The highest BCUT2D eigenvalue weighted by Gasteiger charge is 2.53. The van der Waals surface area contributed by atoms with Crippen LogP contribution in [0.15, 0.2) is 0 Å². The summed E-state index contributed by atoms with van der Waals surface area (Å²) in [7, 11) is 0. The van der Waals surface area contributed by atoms with E-state index in [2.05, 4.69) is 20.8 Å². The predicted molar refractivity (Wildman–Crippen MR) is 94.7 cm³/mol. The van der Waals surface area contributed by atoms with Gasteiger partial charge in [0.2, 0.25) is 0 Å². The quantitative estimate of drug-likeness (QED) is 0.524. The van der Waals surface area contributed by atoms with Crippen molar-refractivity contribution in [3.05, 3.63) is 0 Å². The van der Waals surface area contributed by atoms with Gasteiger partial charge in [0.25, 0.3) is 0 Å². The van der Waals surface area contributed by atoms with Gasteiger partial charge in [-0.2, -0.15) is 0 Å². The van der Waals surface area contributed by atoms with Crippen LogP contribution in [-0.4, -0.2) is 0 Å². The molecule has 4 rings (SSSR count). The lowest BCUT2D eigenvalue weighted by atomic mass is 9.49. The summed E-state index contributed by atoms with van der Waals surface area (Å²) >= 11 is 0. The van der Waals surface area contributed by atoms with E-state index in [9.17, 15) is 0 Å². The first-order valence-corrected chi connectivity index (χ1v) is 10.5. The molecule has 0 amide bonds. The van der Waals surface area contributed by atoms with Crippen LogP contribution >= 0.6 is 0 Å². The first-order chi connectivity index (χ1) is 10.5. The zero-order chi connectivity index (χ0) is 15.4. The molecule has 4 saturated carbocycles. The molecule has 0 heterocycles. The molecule has 4 fully saturated rings. The fourth-order valence-corrected chi connectivity index (χ4v) is 7.57. The second-order valence-corrected chi connectivity index (χ2v) is 10.4. The molecule has 4 aliphatic carbocycles. The Labute approximate surface area is 138 Å². The van der Waals surface area contributed by atoms with Crippen molar-refractivity contribution < 1.29 is 0 Å². The lowest BCUT2D eigenvalue weighted by Gasteiger charge is -2.56. The topological polar surface area (TPSA) is 0 Å². The lowest BCUT2D eigenvalue weighted by molar-refractivity contribution is -0.0617. The minimum Gasteiger partial charge on any atom is -0.0591 e. The molecular weight excluding hydrogens is 264 g/mol. The molecule has 0 nitrogen and oxygen atoms in total. The van der Waals surface area contributed by atoms with Crippen molar-refractivity contribution in [2.45, 2.75) is 97.8 Å². The van der Waals surface area contributed by atoms with Crippen LogP contribution in [0.1, 0.15) is 97.8 Å². The fraction of sp³-hybridized carbons (Fsp3) is 1.00. The molecule has 0 N–H and O–H groups in total. The number of hydrogen-bond donors (Lipinski definition) is 0. The van der Waals surface area contributed by atoms with E-state index >= 15 is 0 Å². The molecule has 0 radical (unpaired) electrons. The zero-order valence-corrected chi connectivity index (χ0v) is 15.4. The van der Waals surface area contributed by atoms with Crippen LogP contribution in [0.4, 0.5) is 0 Å². The van der Waals surface area contributed by atoms with E-state index in [1.807, 2.05) is 0 Å². The molecule has 0 bridgehead atoms. The third-order valence-corrected chi connectivity index (χ3v) is 9.40. The van der Waals surface area contributed by atoms with E-state index < -0.39 is 0 Å². The third kappa shape index (κ3) is 2.30. The van der Waals surface area contributed by atoms with Crippen molar-refractivity contribution in [1.82, 2.24) is 0 Å². The Morgan fingerprint density at radius 1 is 0.727 bits per heavy atom. The van der Waals surface area contributed by atoms with Crippen LogP contribution < -0.4 is 0 Å². The molecular formula is C22H38. The summed E-state index contributed by atoms with van der Waals surface area (Å²) in [5, 5.41) is 0. The summed E-state index contributed by atoms with van der Waals surface area (Å²) in [5.74, 6) is 5.52. The SMILES string of the molecule is CC1(C(C)(C)C2CC3CCCC4CCC(C2)C43)CCCCC1. The normalized spacial score (nSPS) is 44.6. The predicted octanol–water partition coefficient (Wildman–Crippen LogP) is 6.84. The van der Waals surface area contributed by atoms with Crippen LogP contribution in [0.5, 0.6) is 0 Å². The molecule has 0 aromatic heterocycles. The van der Waals surface area contributed by atoms with Gasteiger partial charge in [0, 0.05) is 0 Å². The standard InChI is InChI=1S/C22H38/c1-21(2,22(3)12-5-4-6-13-22)19-14-17-9-7-8-16-10-11-18(15-19)20(16)17/h16-20H,4-15H2,1-3H3. The largest absolute Gasteiger partial charge is 0.0591 e. The second kappa shape index (κ2) is 5.52. The minimum absolute atomic E-state index is 0.563. The monoisotopic (exact) mass is 302 g/mol. The Morgan fingerprint density at radius 3 is 2.05 bits per heavy atom. The molecule has 0 spiro atoms. The number of hydrogen-bond acceptors (Lipinski definition) is 0. The molecule has 0 aromatic rings. The third-order valence-electron chi connectivity index (χ3n) is 9.40. The van der Waals surface area contributed by atoms with Crippen LogP contribution in [0.2, 0.25) is 0 Å². The van der Waals surface area contributed by atoms with Crippen LogP contribution in [0, 0.1) is 40.4 Å².